The van der Waals surface area contributed by atoms with Gasteiger partial charge < -0.3 is 5.32 Å². The van der Waals surface area contributed by atoms with Crippen LogP contribution in [0.25, 0.3) is 0 Å². The van der Waals surface area contributed by atoms with Crippen LogP contribution in [0.15, 0.2) is 17.0 Å². The van der Waals surface area contributed by atoms with E-state index in [1.165, 1.54) is 12.1 Å². The van der Waals surface area contributed by atoms with E-state index in [0.29, 0.717) is 23.2 Å². The van der Waals surface area contributed by atoms with E-state index in [9.17, 15) is 13.2 Å². The van der Waals surface area contributed by atoms with Crippen molar-refractivity contribution in [1.29, 1.82) is 0 Å². The van der Waals surface area contributed by atoms with Gasteiger partial charge in [-0.1, -0.05) is 26.2 Å². The van der Waals surface area contributed by atoms with Crippen molar-refractivity contribution in [3.63, 3.8) is 0 Å². The summed E-state index contributed by atoms with van der Waals surface area (Å²) in [6.07, 6.45) is 4.66. The number of aryl methyl sites for hydroxylation is 2. The van der Waals surface area contributed by atoms with Gasteiger partial charge in [0.2, 0.25) is 5.91 Å². The van der Waals surface area contributed by atoms with E-state index in [4.69, 9.17) is 10.7 Å². The van der Waals surface area contributed by atoms with Crippen LogP contribution in [0, 0.1) is 13.8 Å². The van der Waals surface area contributed by atoms with Gasteiger partial charge in [-0.2, -0.15) is 0 Å². The molecule has 0 saturated heterocycles. The lowest BCUT2D eigenvalue weighted by atomic mass is 10.1. The molecule has 21 heavy (non-hydrogen) atoms. The van der Waals surface area contributed by atoms with E-state index in [1.807, 2.05) is 0 Å². The highest BCUT2D eigenvalue weighted by molar-refractivity contribution is 8.13. The highest BCUT2D eigenvalue weighted by atomic mass is 35.7. The van der Waals surface area contributed by atoms with E-state index in [-0.39, 0.29) is 10.8 Å². The summed E-state index contributed by atoms with van der Waals surface area (Å²) in [4.78, 5) is 12.0. The fourth-order valence-electron chi connectivity index (χ4n) is 2.18. The second kappa shape index (κ2) is 7.80. The van der Waals surface area contributed by atoms with Crippen molar-refractivity contribution in [2.45, 2.75) is 57.8 Å². The molecular weight excluding hydrogens is 310 g/mol. The van der Waals surface area contributed by atoms with Gasteiger partial charge in [0.1, 0.15) is 0 Å². The number of hydrogen-bond acceptors (Lipinski definition) is 3. The number of unbranched alkanes of at least 4 members (excludes halogenated alkanes) is 3. The SMILES string of the molecule is CCCCCCC(=O)Nc1c(C)cc(S(=O)(=O)Cl)cc1C. The highest BCUT2D eigenvalue weighted by Crippen LogP contribution is 2.26. The Kier molecular flexibility index (Phi) is 6.68. The maximum Gasteiger partial charge on any atom is 0.261 e. The number of carbonyl (C=O) groups excluding carboxylic acids is 1. The molecule has 0 bridgehead atoms. The molecular formula is C15H22ClNO3S. The number of benzene rings is 1. The van der Waals surface area contributed by atoms with Crippen LogP contribution in [-0.4, -0.2) is 14.3 Å². The molecule has 1 amide bonds. The van der Waals surface area contributed by atoms with Gasteiger partial charge in [-0.25, -0.2) is 8.42 Å². The maximum absolute atomic E-state index is 11.9. The van der Waals surface area contributed by atoms with Crippen LogP contribution < -0.4 is 5.32 Å². The Balaban J connectivity index is 2.78. The molecule has 1 aromatic carbocycles. The van der Waals surface area contributed by atoms with Gasteiger partial charge in [0, 0.05) is 22.8 Å². The molecule has 1 rings (SSSR count). The van der Waals surface area contributed by atoms with Gasteiger partial charge in [0.25, 0.3) is 9.05 Å². The number of hydrogen-bond donors (Lipinski definition) is 1. The van der Waals surface area contributed by atoms with E-state index in [0.717, 1.165) is 25.7 Å². The fourth-order valence-corrected chi connectivity index (χ4v) is 3.08. The lowest BCUT2D eigenvalue weighted by Crippen LogP contribution is -2.13. The van der Waals surface area contributed by atoms with Crippen LogP contribution >= 0.6 is 10.7 Å². The zero-order valence-corrected chi connectivity index (χ0v) is 14.3. The molecule has 4 nitrogen and oxygen atoms in total. The first-order chi connectivity index (χ1) is 9.75. The summed E-state index contributed by atoms with van der Waals surface area (Å²) >= 11 is 0. The van der Waals surface area contributed by atoms with Crippen molar-refractivity contribution in [2.24, 2.45) is 0 Å². The summed E-state index contributed by atoms with van der Waals surface area (Å²) in [7, 11) is 1.59. The largest absolute Gasteiger partial charge is 0.326 e. The number of anilines is 1. The predicted molar refractivity (Wildman–Crippen MR) is 86.3 cm³/mol. The summed E-state index contributed by atoms with van der Waals surface area (Å²) in [5, 5.41) is 2.86. The summed E-state index contributed by atoms with van der Waals surface area (Å²) in [5.41, 5.74) is 2.05. The first kappa shape index (κ1) is 18.0. The van der Waals surface area contributed by atoms with Crippen molar-refractivity contribution in [3.05, 3.63) is 23.3 Å². The molecule has 0 aliphatic carbocycles. The highest BCUT2D eigenvalue weighted by Gasteiger charge is 2.15. The Morgan fingerprint density at radius 1 is 1.14 bits per heavy atom. The van der Waals surface area contributed by atoms with Crippen LogP contribution in [0.1, 0.15) is 50.2 Å². The van der Waals surface area contributed by atoms with Crippen LogP contribution in [0.5, 0.6) is 0 Å². The van der Waals surface area contributed by atoms with Crippen LogP contribution in [-0.2, 0) is 13.8 Å². The molecule has 0 aromatic heterocycles. The van der Waals surface area contributed by atoms with Crippen LogP contribution in [0.2, 0.25) is 0 Å². The van der Waals surface area contributed by atoms with Gasteiger partial charge >= 0.3 is 0 Å². The lowest BCUT2D eigenvalue weighted by molar-refractivity contribution is -0.116. The minimum atomic E-state index is -3.75. The van der Waals surface area contributed by atoms with E-state index in [2.05, 4.69) is 12.2 Å². The molecule has 0 fully saturated rings. The molecule has 0 aliphatic rings. The molecule has 0 aliphatic heterocycles. The van der Waals surface area contributed by atoms with E-state index in [1.54, 1.807) is 13.8 Å². The van der Waals surface area contributed by atoms with E-state index >= 15 is 0 Å². The molecule has 0 unspecified atom stereocenters. The van der Waals surface area contributed by atoms with Gasteiger partial charge in [-0.05, 0) is 43.5 Å². The van der Waals surface area contributed by atoms with Crippen molar-refractivity contribution in [1.82, 2.24) is 0 Å². The van der Waals surface area contributed by atoms with Gasteiger partial charge in [0.15, 0.2) is 0 Å². The number of halogens is 1. The van der Waals surface area contributed by atoms with Gasteiger partial charge in [-0.15, -0.1) is 0 Å². The summed E-state index contributed by atoms with van der Waals surface area (Å²) in [6.45, 7) is 5.63. The third-order valence-corrected chi connectivity index (χ3v) is 4.64. The molecule has 0 radical (unpaired) electrons. The van der Waals surface area contributed by atoms with Gasteiger partial charge in [0.05, 0.1) is 4.90 Å². The maximum atomic E-state index is 11.9. The number of carbonyl (C=O) groups is 1. The van der Waals surface area contributed by atoms with Crippen molar-refractivity contribution >= 4 is 31.3 Å². The standard InChI is InChI=1S/C15H22ClNO3S/c1-4-5-6-7-8-14(18)17-15-11(2)9-13(10-12(15)3)21(16,19)20/h9-10H,4-8H2,1-3H3,(H,17,18). The average molecular weight is 332 g/mol. The number of rotatable bonds is 7. The van der Waals surface area contributed by atoms with Crippen LogP contribution in [0.4, 0.5) is 5.69 Å². The molecule has 1 N–H and O–H groups in total. The smallest absolute Gasteiger partial charge is 0.261 e. The molecule has 6 heteroatoms. The quantitative estimate of drug-likeness (QED) is 0.603. The van der Waals surface area contributed by atoms with Gasteiger partial charge in [-0.3, -0.25) is 4.79 Å². The van der Waals surface area contributed by atoms with Crippen molar-refractivity contribution < 1.29 is 13.2 Å². The average Bonchev–Trinajstić information content (AvgIpc) is 2.37. The third-order valence-electron chi connectivity index (χ3n) is 3.31. The Bertz CT molecular complexity index is 588. The van der Waals surface area contributed by atoms with E-state index < -0.39 is 9.05 Å². The minimum Gasteiger partial charge on any atom is -0.326 e. The Labute approximate surface area is 131 Å². The topological polar surface area (TPSA) is 63.2 Å². The molecule has 1 aromatic rings. The molecule has 0 saturated carbocycles. The minimum absolute atomic E-state index is 0.0428. The Hall–Kier alpha value is -1.07. The van der Waals surface area contributed by atoms with Crippen LogP contribution in [0.3, 0.4) is 0 Å². The Morgan fingerprint density at radius 3 is 2.19 bits per heavy atom. The summed E-state index contributed by atoms with van der Waals surface area (Å²) < 4.78 is 22.7. The van der Waals surface area contributed by atoms with Crippen molar-refractivity contribution in [3.8, 4) is 0 Å². The zero-order chi connectivity index (χ0) is 16.0. The van der Waals surface area contributed by atoms with Crippen molar-refractivity contribution in [2.75, 3.05) is 5.32 Å². The predicted octanol–water partition coefficient (Wildman–Crippen LogP) is 4.14. The zero-order valence-electron chi connectivity index (χ0n) is 12.7. The first-order valence-electron chi connectivity index (χ1n) is 7.11. The monoisotopic (exact) mass is 331 g/mol. The number of nitrogens with one attached hydrogen (secondary N) is 1. The molecule has 0 spiro atoms. The number of amides is 1. The normalized spacial score (nSPS) is 11.4. The fraction of sp³-hybridized carbons (Fsp3) is 0.533. The second-order valence-corrected chi connectivity index (χ2v) is 7.79. The third kappa shape index (κ3) is 5.67. The second-order valence-electron chi connectivity index (χ2n) is 5.23. The Morgan fingerprint density at radius 2 is 1.71 bits per heavy atom. The molecule has 118 valence electrons. The lowest BCUT2D eigenvalue weighted by Gasteiger charge is -2.13. The molecule has 0 atom stereocenters. The first-order valence-corrected chi connectivity index (χ1v) is 9.42. The summed E-state index contributed by atoms with van der Waals surface area (Å²) in [6, 6.07) is 2.95. The molecule has 0 heterocycles. The summed E-state index contributed by atoms with van der Waals surface area (Å²) in [5.74, 6) is -0.0428.